The molecule has 1 aliphatic rings. The number of aryl methyl sites for hydroxylation is 1. The zero-order chi connectivity index (χ0) is 17.6. The lowest BCUT2D eigenvalue weighted by molar-refractivity contribution is -0.110. The van der Waals surface area contributed by atoms with Crippen LogP contribution in [0.4, 0.5) is 5.69 Å². The van der Waals surface area contributed by atoms with Crippen LogP contribution in [0.1, 0.15) is 17.0 Å². The van der Waals surface area contributed by atoms with Gasteiger partial charge < -0.3 is 10.3 Å². The maximum atomic E-state index is 12.3. The molecule has 6 nitrogen and oxygen atoms in total. The van der Waals surface area contributed by atoms with Crippen molar-refractivity contribution in [2.24, 2.45) is 0 Å². The van der Waals surface area contributed by atoms with E-state index in [1.807, 2.05) is 6.92 Å². The first-order valence-corrected chi connectivity index (χ1v) is 9.96. The predicted molar refractivity (Wildman–Crippen MR) is 100 cm³/mol. The molecule has 1 aromatic heterocycles. The number of amides is 1. The van der Waals surface area contributed by atoms with E-state index in [1.54, 1.807) is 12.1 Å². The third-order valence-electron chi connectivity index (χ3n) is 3.72. The Kier molecular flexibility index (Phi) is 4.45. The molecule has 3 rings (SSSR count). The van der Waals surface area contributed by atoms with Crippen molar-refractivity contribution >= 4 is 65.1 Å². The summed E-state index contributed by atoms with van der Waals surface area (Å²) in [6, 6.07) is 4.53. The lowest BCUT2D eigenvalue weighted by Gasteiger charge is -2.05. The molecule has 9 heteroatoms. The SMILES string of the molecule is CNS(=O)(=O)c1ccc2c(c1)C(=Cc1[nH]c(C)c(Br)c1Br)C(=O)N2. The summed E-state index contributed by atoms with van der Waals surface area (Å²) in [6.45, 7) is 1.90. The van der Waals surface area contributed by atoms with E-state index in [1.165, 1.54) is 19.2 Å². The van der Waals surface area contributed by atoms with E-state index in [-0.39, 0.29) is 10.8 Å². The molecule has 0 fully saturated rings. The Hall–Kier alpha value is -1.42. The van der Waals surface area contributed by atoms with Crippen LogP contribution in [-0.4, -0.2) is 26.4 Å². The van der Waals surface area contributed by atoms with Crippen LogP contribution in [0.3, 0.4) is 0 Å². The summed E-state index contributed by atoms with van der Waals surface area (Å²) in [7, 11) is -2.24. The summed E-state index contributed by atoms with van der Waals surface area (Å²) in [4.78, 5) is 15.6. The zero-order valence-electron chi connectivity index (χ0n) is 12.7. The normalized spacial score (nSPS) is 15.7. The largest absolute Gasteiger partial charge is 0.357 e. The van der Waals surface area contributed by atoms with Crippen LogP contribution >= 0.6 is 31.9 Å². The quantitative estimate of drug-likeness (QED) is 0.596. The first-order valence-electron chi connectivity index (χ1n) is 6.89. The molecule has 1 amide bonds. The molecule has 0 aliphatic carbocycles. The van der Waals surface area contributed by atoms with Crippen molar-refractivity contribution in [2.75, 3.05) is 12.4 Å². The smallest absolute Gasteiger partial charge is 0.256 e. The van der Waals surface area contributed by atoms with E-state index in [0.29, 0.717) is 16.8 Å². The summed E-state index contributed by atoms with van der Waals surface area (Å²) in [5, 5.41) is 2.74. The first kappa shape index (κ1) is 17.4. The van der Waals surface area contributed by atoms with Crippen LogP contribution in [0.15, 0.2) is 32.0 Å². The zero-order valence-corrected chi connectivity index (χ0v) is 16.7. The number of H-pyrrole nitrogens is 1. The van der Waals surface area contributed by atoms with Crippen LogP contribution in [0, 0.1) is 6.92 Å². The number of carbonyl (C=O) groups excluding carboxylic acids is 1. The van der Waals surface area contributed by atoms with Crippen LogP contribution in [0.5, 0.6) is 0 Å². The molecule has 0 unspecified atom stereocenters. The summed E-state index contributed by atoms with van der Waals surface area (Å²) < 4.78 is 27.9. The molecular formula is C15H13Br2N3O3S. The molecule has 0 saturated carbocycles. The van der Waals surface area contributed by atoms with Crippen LogP contribution < -0.4 is 10.0 Å². The van der Waals surface area contributed by atoms with Crippen molar-refractivity contribution in [1.82, 2.24) is 9.71 Å². The fourth-order valence-electron chi connectivity index (χ4n) is 2.43. The summed E-state index contributed by atoms with van der Waals surface area (Å²) in [6.07, 6.45) is 1.69. The highest BCUT2D eigenvalue weighted by atomic mass is 79.9. The van der Waals surface area contributed by atoms with Gasteiger partial charge in [0.1, 0.15) is 0 Å². The Morgan fingerprint density at radius 2 is 1.92 bits per heavy atom. The molecular weight excluding hydrogens is 462 g/mol. The second kappa shape index (κ2) is 6.14. The average Bonchev–Trinajstić information content (AvgIpc) is 2.99. The molecule has 2 heterocycles. The minimum atomic E-state index is -3.59. The Morgan fingerprint density at radius 3 is 2.50 bits per heavy atom. The number of anilines is 1. The second-order valence-corrected chi connectivity index (χ2v) is 8.69. The number of fused-ring (bicyclic) bond motifs is 1. The number of sulfonamides is 1. The number of nitrogens with one attached hydrogen (secondary N) is 3. The maximum Gasteiger partial charge on any atom is 0.256 e. The summed E-state index contributed by atoms with van der Waals surface area (Å²) in [5.41, 5.74) is 3.16. The molecule has 1 aromatic carbocycles. The van der Waals surface area contributed by atoms with Crippen LogP contribution in [-0.2, 0) is 14.8 Å². The van der Waals surface area contributed by atoms with Crippen molar-refractivity contribution < 1.29 is 13.2 Å². The number of hydrogen-bond acceptors (Lipinski definition) is 3. The van der Waals surface area contributed by atoms with Gasteiger partial charge in [-0.25, -0.2) is 13.1 Å². The van der Waals surface area contributed by atoms with E-state index in [9.17, 15) is 13.2 Å². The third-order valence-corrected chi connectivity index (χ3v) is 7.48. The highest BCUT2D eigenvalue weighted by molar-refractivity contribution is 9.13. The van der Waals surface area contributed by atoms with Crippen molar-refractivity contribution in [3.05, 3.63) is 44.1 Å². The monoisotopic (exact) mass is 473 g/mol. The fraction of sp³-hybridized carbons (Fsp3) is 0.133. The van der Waals surface area contributed by atoms with Gasteiger partial charge in [0.05, 0.1) is 25.1 Å². The lowest BCUT2D eigenvalue weighted by Crippen LogP contribution is -2.18. The molecule has 0 atom stereocenters. The average molecular weight is 475 g/mol. The molecule has 24 heavy (non-hydrogen) atoms. The van der Waals surface area contributed by atoms with Gasteiger partial charge in [-0.15, -0.1) is 0 Å². The molecule has 0 spiro atoms. The van der Waals surface area contributed by atoms with Gasteiger partial charge in [-0.2, -0.15) is 0 Å². The van der Waals surface area contributed by atoms with Gasteiger partial charge in [0, 0.05) is 16.9 Å². The van der Waals surface area contributed by atoms with Gasteiger partial charge in [0.15, 0.2) is 0 Å². The molecule has 3 N–H and O–H groups in total. The van der Waals surface area contributed by atoms with Crippen molar-refractivity contribution in [1.29, 1.82) is 0 Å². The third kappa shape index (κ3) is 2.85. The van der Waals surface area contributed by atoms with Gasteiger partial charge in [0.2, 0.25) is 10.0 Å². The van der Waals surface area contributed by atoms with E-state index in [0.717, 1.165) is 20.3 Å². The van der Waals surface area contributed by atoms with Gasteiger partial charge in [-0.3, -0.25) is 4.79 Å². The fourth-order valence-corrected chi connectivity index (χ4v) is 4.01. The van der Waals surface area contributed by atoms with Gasteiger partial charge >= 0.3 is 0 Å². The number of aromatic nitrogens is 1. The minimum Gasteiger partial charge on any atom is -0.357 e. The van der Waals surface area contributed by atoms with Gasteiger partial charge in [-0.05, 0) is 70.1 Å². The number of hydrogen-bond donors (Lipinski definition) is 3. The number of benzene rings is 1. The summed E-state index contributed by atoms with van der Waals surface area (Å²) >= 11 is 6.91. The highest BCUT2D eigenvalue weighted by Gasteiger charge is 2.27. The van der Waals surface area contributed by atoms with E-state index < -0.39 is 10.0 Å². The van der Waals surface area contributed by atoms with Gasteiger partial charge in [-0.1, -0.05) is 0 Å². The molecule has 2 aromatic rings. The van der Waals surface area contributed by atoms with Crippen molar-refractivity contribution in [3.63, 3.8) is 0 Å². The first-order chi connectivity index (χ1) is 11.2. The molecule has 1 aliphatic heterocycles. The van der Waals surface area contributed by atoms with Gasteiger partial charge in [0.25, 0.3) is 5.91 Å². The molecule has 0 radical (unpaired) electrons. The Bertz CT molecular complexity index is 994. The minimum absolute atomic E-state index is 0.106. The lowest BCUT2D eigenvalue weighted by atomic mass is 10.1. The number of halogens is 2. The maximum absolute atomic E-state index is 12.3. The molecule has 126 valence electrons. The molecule has 0 bridgehead atoms. The van der Waals surface area contributed by atoms with Crippen LogP contribution in [0.2, 0.25) is 0 Å². The van der Waals surface area contributed by atoms with Crippen molar-refractivity contribution in [2.45, 2.75) is 11.8 Å². The second-order valence-electron chi connectivity index (χ2n) is 5.22. The Balaban J connectivity index is 2.16. The number of aromatic amines is 1. The number of rotatable bonds is 3. The Labute approximate surface area is 156 Å². The van der Waals surface area contributed by atoms with E-state index in [4.69, 9.17) is 0 Å². The Morgan fingerprint density at radius 1 is 1.21 bits per heavy atom. The molecule has 0 saturated heterocycles. The summed E-state index contributed by atoms with van der Waals surface area (Å²) in [5.74, 6) is -0.278. The number of carbonyl (C=O) groups is 1. The highest BCUT2D eigenvalue weighted by Crippen LogP contribution is 2.37. The standard InChI is InChI=1S/C15H13Br2N3O3S/c1-7-13(16)14(17)12(19-7)6-10-9-5-8(24(22,23)18-2)3-4-11(9)20-15(10)21/h3-6,18-19H,1-2H3,(H,20,21). The van der Waals surface area contributed by atoms with Crippen molar-refractivity contribution in [3.8, 4) is 0 Å². The van der Waals surface area contributed by atoms with E-state index in [2.05, 4.69) is 46.9 Å². The van der Waals surface area contributed by atoms with Crippen LogP contribution in [0.25, 0.3) is 11.6 Å². The predicted octanol–water partition coefficient (Wildman–Crippen LogP) is 3.25. The van der Waals surface area contributed by atoms with E-state index >= 15 is 0 Å². The topological polar surface area (TPSA) is 91.1 Å².